The van der Waals surface area contributed by atoms with E-state index < -0.39 is 6.67 Å². The van der Waals surface area contributed by atoms with Gasteiger partial charge in [-0.1, -0.05) is 30.3 Å². The summed E-state index contributed by atoms with van der Waals surface area (Å²) < 4.78 is 24.9. The molecule has 0 radical (unpaired) electrons. The molecule has 0 N–H and O–H groups in total. The quantitative estimate of drug-likeness (QED) is 0.353. The fourth-order valence-corrected chi connectivity index (χ4v) is 6.68. The van der Waals surface area contributed by atoms with Gasteiger partial charge in [0.1, 0.15) is 25.2 Å². The van der Waals surface area contributed by atoms with Gasteiger partial charge in [-0.25, -0.2) is 4.39 Å². The van der Waals surface area contributed by atoms with E-state index in [-0.39, 0.29) is 24.5 Å². The summed E-state index contributed by atoms with van der Waals surface area (Å²) in [6.07, 6.45) is 3.30. The number of nitrogens with zero attached hydrogens (tertiary/aromatic N) is 7. The standard InChI is InChI=1S/C34H40FN7O3/c1-24-6-3-7-25-8-4-9-30(32(24)25)40-15-12-28-29(22-40)37-34(45-23-27-21-39(2)18-19-44-27)38-33(28)41-16-17-42(26(20-41)11-14-36)31(43)10-5-13-35/h3-10,26-27H,11-13,15-23H2,1-2H3/b10-5+/t26-,27?/m0/s1. The van der Waals surface area contributed by atoms with E-state index in [1.165, 1.54) is 34.2 Å². The summed E-state index contributed by atoms with van der Waals surface area (Å²) in [7, 11) is 2.07. The van der Waals surface area contributed by atoms with E-state index in [9.17, 15) is 14.4 Å². The zero-order valence-electron chi connectivity index (χ0n) is 26.0. The second kappa shape index (κ2) is 13.8. The highest BCUT2D eigenvalue weighted by atomic mass is 19.1. The third-order valence-electron chi connectivity index (χ3n) is 8.94. The summed E-state index contributed by atoms with van der Waals surface area (Å²) in [5, 5.41) is 12.0. The molecule has 10 nitrogen and oxygen atoms in total. The largest absolute Gasteiger partial charge is 0.461 e. The molecule has 0 aliphatic carbocycles. The van der Waals surface area contributed by atoms with E-state index in [1.807, 2.05) is 0 Å². The Hall–Kier alpha value is -4.27. The third-order valence-corrected chi connectivity index (χ3v) is 8.94. The highest BCUT2D eigenvalue weighted by molar-refractivity contribution is 5.97. The Balaban J connectivity index is 1.31. The van der Waals surface area contributed by atoms with Crippen molar-refractivity contribution in [1.82, 2.24) is 19.8 Å². The van der Waals surface area contributed by atoms with Crippen LogP contribution in [0.4, 0.5) is 15.9 Å². The second-order valence-corrected chi connectivity index (χ2v) is 12.0. The Morgan fingerprint density at radius 3 is 2.78 bits per heavy atom. The second-order valence-electron chi connectivity index (χ2n) is 12.0. The molecule has 6 rings (SSSR count). The van der Waals surface area contributed by atoms with E-state index in [4.69, 9.17) is 19.4 Å². The number of halogens is 1. The average molecular weight is 614 g/mol. The topological polar surface area (TPSA) is 98.1 Å². The molecule has 4 heterocycles. The summed E-state index contributed by atoms with van der Waals surface area (Å²) in [6.45, 7) is 6.88. The van der Waals surface area contributed by atoms with Gasteiger partial charge in [0.2, 0.25) is 5.91 Å². The maximum absolute atomic E-state index is 12.8. The lowest BCUT2D eigenvalue weighted by Gasteiger charge is -2.42. The Morgan fingerprint density at radius 1 is 1.13 bits per heavy atom. The highest BCUT2D eigenvalue weighted by Crippen LogP contribution is 2.36. The fourth-order valence-electron chi connectivity index (χ4n) is 6.68. The molecular weight excluding hydrogens is 573 g/mol. The molecule has 2 fully saturated rings. The van der Waals surface area contributed by atoms with Crippen molar-refractivity contribution in [3.63, 3.8) is 0 Å². The minimum Gasteiger partial charge on any atom is -0.461 e. The van der Waals surface area contributed by atoms with E-state index >= 15 is 0 Å². The maximum atomic E-state index is 12.8. The molecule has 0 bridgehead atoms. The SMILES string of the molecule is Cc1cccc2cccc(N3CCc4c(nc(OCC5CN(C)CCO5)nc4N4CCN(C(=O)/C=C/CF)[C@@H](CC#N)C4)C3)c12. The number of fused-ring (bicyclic) bond motifs is 2. The highest BCUT2D eigenvalue weighted by Gasteiger charge is 2.33. The maximum Gasteiger partial charge on any atom is 0.318 e. The fraction of sp³-hybridized carbons (Fsp3) is 0.471. The Bertz CT molecular complexity index is 1600. The molecule has 1 unspecified atom stereocenters. The molecule has 3 aromatic rings. The number of allylic oxidation sites excluding steroid dienone is 1. The smallest absolute Gasteiger partial charge is 0.318 e. The number of anilines is 2. The van der Waals surface area contributed by atoms with Gasteiger partial charge in [0.05, 0.1) is 37.4 Å². The van der Waals surface area contributed by atoms with Gasteiger partial charge < -0.3 is 29.1 Å². The molecule has 2 atom stereocenters. The number of benzene rings is 2. The van der Waals surface area contributed by atoms with Gasteiger partial charge in [-0.2, -0.15) is 15.2 Å². The first-order valence-electron chi connectivity index (χ1n) is 15.7. The monoisotopic (exact) mass is 613 g/mol. The molecule has 0 spiro atoms. The van der Waals surface area contributed by atoms with Crippen molar-refractivity contribution in [2.75, 3.05) is 76.0 Å². The van der Waals surface area contributed by atoms with E-state index in [2.05, 4.69) is 71.1 Å². The Labute approximate surface area is 263 Å². The third kappa shape index (κ3) is 6.72. The van der Waals surface area contributed by atoms with Crippen molar-refractivity contribution >= 4 is 28.2 Å². The number of carbonyl (C=O) groups is 1. The van der Waals surface area contributed by atoms with Gasteiger partial charge in [0, 0.05) is 62.0 Å². The number of hydrogen-bond acceptors (Lipinski definition) is 9. The first-order chi connectivity index (χ1) is 21.9. The number of ether oxygens (including phenoxy) is 2. The first kappa shape index (κ1) is 30.7. The van der Waals surface area contributed by atoms with Crippen molar-refractivity contribution in [2.24, 2.45) is 0 Å². The molecule has 45 heavy (non-hydrogen) atoms. The number of hydrogen-bond donors (Lipinski definition) is 0. The summed E-state index contributed by atoms with van der Waals surface area (Å²) >= 11 is 0. The molecule has 3 aliphatic heterocycles. The zero-order chi connectivity index (χ0) is 31.3. The van der Waals surface area contributed by atoms with Crippen molar-refractivity contribution in [3.05, 3.63) is 65.4 Å². The summed E-state index contributed by atoms with van der Waals surface area (Å²) in [6, 6.07) is 15.0. The lowest BCUT2D eigenvalue weighted by atomic mass is 9.99. The minimum absolute atomic E-state index is 0.0751. The first-order valence-corrected chi connectivity index (χ1v) is 15.7. The molecule has 2 saturated heterocycles. The van der Waals surface area contributed by atoms with Crippen LogP contribution in [-0.4, -0.2) is 104 Å². The van der Waals surface area contributed by atoms with E-state index in [1.54, 1.807) is 4.90 Å². The number of morpholine rings is 1. The van der Waals surface area contributed by atoms with Crippen molar-refractivity contribution in [3.8, 4) is 12.1 Å². The number of piperazine rings is 1. The van der Waals surface area contributed by atoms with Crippen LogP contribution in [0.1, 0.15) is 23.2 Å². The van der Waals surface area contributed by atoms with Crippen LogP contribution >= 0.6 is 0 Å². The van der Waals surface area contributed by atoms with Crippen LogP contribution in [0.15, 0.2) is 48.6 Å². The van der Waals surface area contributed by atoms with Crippen LogP contribution in [0.3, 0.4) is 0 Å². The van der Waals surface area contributed by atoms with Gasteiger partial charge in [-0.05, 0) is 43.5 Å². The molecule has 236 valence electrons. The summed E-state index contributed by atoms with van der Waals surface area (Å²) in [5.41, 5.74) is 4.39. The predicted molar refractivity (Wildman–Crippen MR) is 171 cm³/mol. The van der Waals surface area contributed by atoms with Crippen LogP contribution in [0.5, 0.6) is 6.01 Å². The van der Waals surface area contributed by atoms with Crippen LogP contribution in [0.2, 0.25) is 0 Å². The van der Waals surface area contributed by atoms with Crippen LogP contribution in [-0.2, 0) is 22.5 Å². The number of aryl methyl sites for hydroxylation is 1. The number of rotatable bonds is 8. The number of amides is 1. The lowest BCUT2D eigenvalue weighted by molar-refractivity contribution is -0.128. The molecule has 3 aliphatic rings. The molecule has 1 aromatic heterocycles. The molecule has 1 amide bonds. The molecule has 11 heteroatoms. The number of carbonyl (C=O) groups excluding carboxylic acids is 1. The summed E-state index contributed by atoms with van der Waals surface area (Å²) in [4.78, 5) is 31.1. The average Bonchev–Trinajstić information content (AvgIpc) is 3.05. The Morgan fingerprint density at radius 2 is 1.98 bits per heavy atom. The molecule has 2 aromatic carbocycles. The lowest BCUT2D eigenvalue weighted by Crippen LogP contribution is -2.55. The van der Waals surface area contributed by atoms with Crippen molar-refractivity contribution in [1.29, 1.82) is 5.26 Å². The minimum atomic E-state index is -0.706. The Kier molecular flexibility index (Phi) is 9.42. The van der Waals surface area contributed by atoms with Crippen molar-refractivity contribution in [2.45, 2.75) is 38.5 Å². The molecule has 0 saturated carbocycles. The summed E-state index contributed by atoms with van der Waals surface area (Å²) in [5.74, 6) is 0.513. The predicted octanol–water partition coefficient (Wildman–Crippen LogP) is 3.67. The number of nitriles is 1. The van der Waals surface area contributed by atoms with Gasteiger partial charge in [0.25, 0.3) is 0 Å². The van der Waals surface area contributed by atoms with Crippen molar-refractivity contribution < 1.29 is 18.7 Å². The van der Waals surface area contributed by atoms with E-state index in [0.29, 0.717) is 45.4 Å². The van der Waals surface area contributed by atoms with E-state index in [0.717, 1.165) is 43.1 Å². The van der Waals surface area contributed by atoms with Gasteiger partial charge in [0.15, 0.2) is 0 Å². The van der Waals surface area contributed by atoms with Gasteiger partial charge in [-0.3, -0.25) is 4.79 Å². The van der Waals surface area contributed by atoms with Crippen LogP contribution < -0.4 is 14.5 Å². The molecular formula is C34H40FN7O3. The number of alkyl halides is 1. The van der Waals surface area contributed by atoms with Gasteiger partial charge >= 0.3 is 6.01 Å². The number of aromatic nitrogens is 2. The van der Waals surface area contributed by atoms with Crippen LogP contribution in [0, 0.1) is 18.3 Å². The van der Waals surface area contributed by atoms with Gasteiger partial charge in [-0.15, -0.1) is 0 Å². The van der Waals surface area contributed by atoms with Crippen LogP contribution in [0.25, 0.3) is 10.8 Å². The number of likely N-dealkylation sites (N-methyl/N-ethyl adjacent to an activating group) is 1. The zero-order valence-corrected chi connectivity index (χ0v) is 26.0. The normalized spacial score (nSPS) is 20.8.